The van der Waals surface area contributed by atoms with Crippen LogP contribution < -0.4 is 10.1 Å². The van der Waals surface area contributed by atoms with Crippen molar-refractivity contribution >= 4 is 17.6 Å². The Hall–Kier alpha value is -4.52. The summed E-state index contributed by atoms with van der Waals surface area (Å²) in [6.45, 7) is 10.1. The van der Waals surface area contributed by atoms with Crippen LogP contribution in [0, 0.1) is 19.8 Å². The third kappa shape index (κ3) is 8.49. The molecule has 42 heavy (non-hydrogen) atoms. The summed E-state index contributed by atoms with van der Waals surface area (Å²) < 4.78 is 7.55. The Morgan fingerprint density at radius 2 is 1.62 bits per heavy atom. The summed E-state index contributed by atoms with van der Waals surface area (Å²) in [6, 6.07) is 27.7. The number of urea groups is 1. The van der Waals surface area contributed by atoms with E-state index in [4.69, 9.17) is 4.74 Å². The SMILES string of the molecule is COc1cccc(Cn2cccc2CN(Cc2ccccc2)C(=O)CN(CC(C)C)C(=O)Nc2ccc(C)cc2C)c1. The maximum Gasteiger partial charge on any atom is 0.322 e. The maximum absolute atomic E-state index is 14.0. The number of aryl methyl sites for hydroxylation is 2. The highest BCUT2D eigenvalue weighted by atomic mass is 16.5. The van der Waals surface area contributed by atoms with E-state index in [1.165, 1.54) is 0 Å². The quantitative estimate of drug-likeness (QED) is 0.203. The van der Waals surface area contributed by atoms with Crippen molar-refractivity contribution in [3.05, 3.63) is 119 Å². The number of aromatic nitrogens is 1. The van der Waals surface area contributed by atoms with E-state index >= 15 is 0 Å². The van der Waals surface area contributed by atoms with E-state index in [1.54, 1.807) is 12.0 Å². The second-order valence-electron chi connectivity index (χ2n) is 11.2. The van der Waals surface area contributed by atoms with Gasteiger partial charge in [-0.15, -0.1) is 0 Å². The number of hydrogen-bond acceptors (Lipinski definition) is 3. The zero-order valence-electron chi connectivity index (χ0n) is 25.3. The number of rotatable bonds is 12. The lowest BCUT2D eigenvalue weighted by molar-refractivity contribution is -0.133. The summed E-state index contributed by atoms with van der Waals surface area (Å²) in [6.07, 6.45) is 2.03. The minimum absolute atomic E-state index is 0.0155. The van der Waals surface area contributed by atoms with Crippen molar-refractivity contribution in [1.82, 2.24) is 14.4 Å². The lowest BCUT2D eigenvalue weighted by atomic mass is 10.1. The van der Waals surface area contributed by atoms with Gasteiger partial charge in [0.1, 0.15) is 12.3 Å². The number of methoxy groups -OCH3 is 1. The summed E-state index contributed by atoms with van der Waals surface area (Å²) in [4.78, 5) is 30.9. The van der Waals surface area contributed by atoms with Crippen LogP contribution in [-0.2, 0) is 24.4 Å². The fourth-order valence-electron chi connectivity index (χ4n) is 5.02. The largest absolute Gasteiger partial charge is 0.497 e. The first-order chi connectivity index (χ1) is 20.2. The summed E-state index contributed by atoms with van der Waals surface area (Å²) in [5, 5.41) is 3.03. The molecule has 0 saturated carbocycles. The summed E-state index contributed by atoms with van der Waals surface area (Å²) in [5.41, 5.74) is 6.03. The molecule has 0 bridgehead atoms. The van der Waals surface area contributed by atoms with Crippen LogP contribution in [0.2, 0.25) is 0 Å². The molecule has 7 nitrogen and oxygen atoms in total. The van der Waals surface area contributed by atoms with Gasteiger partial charge in [-0.2, -0.15) is 0 Å². The van der Waals surface area contributed by atoms with Gasteiger partial charge in [0.05, 0.1) is 13.7 Å². The monoisotopic (exact) mass is 566 g/mol. The molecule has 220 valence electrons. The zero-order chi connectivity index (χ0) is 30.1. The highest BCUT2D eigenvalue weighted by molar-refractivity contribution is 5.93. The zero-order valence-corrected chi connectivity index (χ0v) is 25.3. The first-order valence-electron chi connectivity index (χ1n) is 14.4. The maximum atomic E-state index is 14.0. The highest BCUT2D eigenvalue weighted by Crippen LogP contribution is 2.19. The molecule has 0 aliphatic carbocycles. The van der Waals surface area contributed by atoms with Crippen LogP contribution in [-0.4, -0.2) is 46.5 Å². The Labute approximate surface area is 249 Å². The van der Waals surface area contributed by atoms with Gasteiger partial charge in [0.25, 0.3) is 0 Å². The topological polar surface area (TPSA) is 66.8 Å². The molecule has 0 saturated heterocycles. The van der Waals surface area contributed by atoms with E-state index in [9.17, 15) is 9.59 Å². The molecule has 1 aromatic heterocycles. The molecule has 0 fully saturated rings. The Morgan fingerprint density at radius 1 is 0.857 bits per heavy atom. The number of benzene rings is 3. The van der Waals surface area contributed by atoms with Gasteiger partial charge in [-0.3, -0.25) is 4.79 Å². The predicted molar refractivity (Wildman–Crippen MR) is 169 cm³/mol. The molecule has 0 aliphatic heterocycles. The van der Waals surface area contributed by atoms with E-state index in [0.29, 0.717) is 26.2 Å². The summed E-state index contributed by atoms with van der Waals surface area (Å²) >= 11 is 0. The molecule has 4 aromatic rings. The van der Waals surface area contributed by atoms with Crippen LogP contribution in [0.1, 0.15) is 41.8 Å². The number of carbonyl (C=O) groups excluding carboxylic acids is 2. The first-order valence-corrected chi connectivity index (χ1v) is 14.4. The Balaban J connectivity index is 1.55. The molecule has 0 radical (unpaired) electrons. The molecule has 1 heterocycles. The lowest BCUT2D eigenvalue weighted by Crippen LogP contribution is -2.45. The van der Waals surface area contributed by atoms with Gasteiger partial charge in [-0.05, 0) is 66.8 Å². The summed E-state index contributed by atoms with van der Waals surface area (Å²) in [5.74, 6) is 0.904. The Kier molecular flexibility index (Phi) is 10.4. The van der Waals surface area contributed by atoms with Crippen molar-refractivity contribution in [2.75, 3.05) is 25.5 Å². The fourth-order valence-corrected chi connectivity index (χ4v) is 5.02. The molecule has 0 spiro atoms. The highest BCUT2D eigenvalue weighted by Gasteiger charge is 2.24. The molecule has 0 unspecified atom stereocenters. The average Bonchev–Trinajstić information content (AvgIpc) is 3.40. The van der Waals surface area contributed by atoms with Gasteiger partial charge in [0.15, 0.2) is 0 Å². The van der Waals surface area contributed by atoms with E-state index in [-0.39, 0.29) is 24.4 Å². The molecule has 3 aromatic carbocycles. The number of anilines is 1. The van der Waals surface area contributed by atoms with E-state index in [0.717, 1.165) is 39.4 Å². The minimum atomic E-state index is -0.273. The first kappa shape index (κ1) is 30.4. The van der Waals surface area contributed by atoms with Gasteiger partial charge in [0, 0.05) is 37.2 Å². The molecule has 4 rings (SSSR count). The van der Waals surface area contributed by atoms with Gasteiger partial charge in [-0.1, -0.05) is 74.0 Å². The van der Waals surface area contributed by atoms with Crippen molar-refractivity contribution in [2.24, 2.45) is 5.92 Å². The molecule has 0 atom stereocenters. The number of ether oxygens (including phenoxy) is 1. The molecule has 1 N–H and O–H groups in total. The molecule has 3 amide bonds. The van der Waals surface area contributed by atoms with Crippen LogP contribution in [0.3, 0.4) is 0 Å². The van der Waals surface area contributed by atoms with Gasteiger partial charge >= 0.3 is 6.03 Å². The van der Waals surface area contributed by atoms with E-state index in [1.807, 2.05) is 104 Å². The lowest BCUT2D eigenvalue weighted by Gasteiger charge is -2.29. The van der Waals surface area contributed by atoms with Crippen LogP contribution in [0.5, 0.6) is 5.75 Å². The number of amides is 3. The van der Waals surface area contributed by atoms with E-state index in [2.05, 4.69) is 29.8 Å². The van der Waals surface area contributed by atoms with Crippen molar-refractivity contribution in [2.45, 2.75) is 47.3 Å². The minimum Gasteiger partial charge on any atom is -0.497 e. The number of nitrogens with one attached hydrogen (secondary N) is 1. The van der Waals surface area contributed by atoms with Crippen molar-refractivity contribution in [1.29, 1.82) is 0 Å². The standard InChI is InChI=1S/C35H42N4O3/c1-26(2)21-39(35(41)36-33-17-16-27(3)19-28(33)4)25-34(40)38(22-29-11-7-6-8-12-29)24-31-14-10-18-37(31)23-30-13-9-15-32(20-30)42-5/h6-20,26H,21-25H2,1-5H3,(H,36,41). The number of carbonyl (C=O) groups is 2. The number of nitrogens with zero attached hydrogens (tertiary/aromatic N) is 3. The molecular formula is C35H42N4O3. The second kappa shape index (κ2) is 14.4. The van der Waals surface area contributed by atoms with Crippen LogP contribution >= 0.6 is 0 Å². The second-order valence-corrected chi connectivity index (χ2v) is 11.2. The third-order valence-electron chi connectivity index (χ3n) is 7.15. The summed E-state index contributed by atoms with van der Waals surface area (Å²) in [7, 11) is 1.66. The van der Waals surface area contributed by atoms with Crippen molar-refractivity contribution in [3.8, 4) is 5.75 Å². The Bertz CT molecular complexity index is 1480. The molecule has 0 aliphatic rings. The molecular weight excluding hydrogens is 524 g/mol. The predicted octanol–water partition coefficient (Wildman–Crippen LogP) is 6.88. The third-order valence-corrected chi connectivity index (χ3v) is 7.15. The van der Waals surface area contributed by atoms with E-state index < -0.39 is 0 Å². The van der Waals surface area contributed by atoms with Gasteiger partial charge < -0.3 is 24.4 Å². The fraction of sp³-hybridized carbons (Fsp3) is 0.314. The van der Waals surface area contributed by atoms with Crippen molar-refractivity contribution in [3.63, 3.8) is 0 Å². The van der Waals surface area contributed by atoms with Crippen LogP contribution in [0.25, 0.3) is 0 Å². The molecule has 7 heteroatoms. The smallest absolute Gasteiger partial charge is 0.322 e. The van der Waals surface area contributed by atoms with Crippen LogP contribution in [0.4, 0.5) is 10.5 Å². The normalized spacial score (nSPS) is 10.9. The van der Waals surface area contributed by atoms with Gasteiger partial charge in [0.2, 0.25) is 5.91 Å². The number of hydrogen-bond donors (Lipinski definition) is 1. The Morgan fingerprint density at radius 3 is 2.33 bits per heavy atom. The van der Waals surface area contributed by atoms with Crippen LogP contribution in [0.15, 0.2) is 91.1 Å². The van der Waals surface area contributed by atoms with Crippen molar-refractivity contribution < 1.29 is 14.3 Å². The average molecular weight is 567 g/mol. The van der Waals surface area contributed by atoms with Gasteiger partial charge in [-0.25, -0.2) is 4.79 Å².